The summed E-state index contributed by atoms with van der Waals surface area (Å²) in [6.07, 6.45) is 0. The molecule has 1 rings (SSSR count). The fraction of sp³-hybridized carbons (Fsp3) is 0.143. The van der Waals surface area contributed by atoms with Crippen LogP contribution >= 0.6 is 0 Å². The van der Waals surface area contributed by atoms with E-state index in [-0.39, 0.29) is 0 Å². The fourth-order valence-electron chi connectivity index (χ4n) is 0.703. The summed E-state index contributed by atoms with van der Waals surface area (Å²) in [7, 11) is 11.1. The van der Waals surface area contributed by atoms with Crippen molar-refractivity contribution in [3.05, 3.63) is 23.8 Å². The smallest absolute Gasteiger partial charge is 0.103 e. The zero-order chi connectivity index (χ0) is 6.85. The SMILES string of the molecule is [B]c1cccc(C)c1[B]. The first-order valence-corrected chi connectivity index (χ1v) is 2.82. The molecule has 0 unspecified atom stereocenters. The van der Waals surface area contributed by atoms with Gasteiger partial charge in [-0.25, -0.2) is 0 Å². The molecule has 40 valence electrons. The van der Waals surface area contributed by atoms with E-state index >= 15 is 0 Å². The molecule has 0 aliphatic carbocycles. The Kier molecular flexibility index (Phi) is 1.65. The van der Waals surface area contributed by atoms with Crippen LogP contribution in [-0.4, -0.2) is 15.7 Å². The van der Waals surface area contributed by atoms with Gasteiger partial charge in [-0.2, -0.15) is 0 Å². The Balaban J connectivity index is 3.25. The van der Waals surface area contributed by atoms with E-state index in [1.165, 1.54) is 0 Å². The Bertz CT molecular complexity index is 198. The van der Waals surface area contributed by atoms with Gasteiger partial charge >= 0.3 is 0 Å². The van der Waals surface area contributed by atoms with E-state index in [2.05, 4.69) is 0 Å². The van der Waals surface area contributed by atoms with Crippen LogP contribution < -0.4 is 10.9 Å². The Hall–Kier alpha value is -0.650. The molecule has 0 aliphatic heterocycles. The molecule has 1 aromatic rings. The average Bonchev–Trinajstić information content (AvgIpc) is 1.83. The lowest BCUT2D eigenvalue weighted by Gasteiger charge is -2.02. The van der Waals surface area contributed by atoms with E-state index < -0.39 is 0 Å². The van der Waals surface area contributed by atoms with Crippen molar-refractivity contribution in [1.82, 2.24) is 0 Å². The summed E-state index contributed by atoms with van der Waals surface area (Å²) < 4.78 is 0. The van der Waals surface area contributed by atoms with E-state index in [4.69, 9.17) is 15.7 Å². The van der Waals surface area contributed by atoms with Crippen LogP contribution in [0.4, 0.5) is 0 Å². The molecule has 0 amide bonds. The van der Waals surface area contributed by atoms with Crippen molar-refractivity contribution in [3.8, 4) is 0 Å². The maximum atomic E-state index is 5.56. The lowest BCUT2D eigenvalue weighted by Crippen LogP contribution is -2.27. The third kappa shape index (κ3) is 1.18. The molecule has 9 heavy (non-hydrogen) atoms. The van der Waals surface area contributed by atoms with Crippen LogP contribution in [0.3, 0.4) is 0 Å². The number of hydrogen-bond donors (Lipinski definition) is 0. The number of rotatable bonds is 0. The predicted octanol–water partition coefficient (Wildman–Crippen LogP) is -0.417. The van der Waals surface area contributed by atoms with Gasteiger partial charge in [0, 0.05) is 0 Å². The quantitative estimate of drug-likeness (QED) is 0.400. The molecule has 0 N–H and O–H groups in total. The lowest BCUT2D eigenvalue weighted by molar-refractivity contribution is 1.53. The monoisotopic (exact) mass is 112 g/mol. The number of benzene rings is 1. The van der Waals surface area contributed by atoms with Crippen molar-refractivity contribution in [2.75, 3.05) is 0 Å². The first kappa shape index (κ1) is 6.47. The van der Waals surface area contributed by atoms with Crippen LogP contribution in [-0.2, 0) is 0 Å². The minimum atomic E-state index is 0.662. The molecular formula is C7H6B2. The van der Waals surface area contributed by atoms with Crippen molar-refractivity contribution in [2.24, 2.45) is 0 Å². The molecule has 0 saturated carbocycles. The summed E-state index contributed by atoms with van der Waals surface area (Å²) in [6.45, 7) is 1.94. The zero-order valence-corrected chi connectivity index (χ0v) is 5.39. The normalized spacial score (nSPS) is 9.44. The molecular weight excluding hydrogens is 106 g/mol. The molecule has 0 aromatic heterocycles. The Morgan fingerprint density at radius 3 is 2.33 bits per heavy atom. The Morgan fingerprint density at radius 2 is 1.89 bits per heavy atom. The number of aryl methyl sites for hydroxylation is 1. The van der Waals surface area contributed by atoms with Gasteiger partial charge in [-0.15, -0.1) is 10.9 Å². The topological polar surface area (TPSA) is 0 Å². The van der Waals surface area contributed by atoms with Gasteiger partial charge in [0.2, 0.25) is 0 Å². The molecule has 0 bridgehead atoms. The maximum absolute atomic E-state index is 5.56. The van der Waals surface area contributed by atoms with Crippen molar-refractivity contribution >= 4 is 26.6 Å². The van der Waals surface area contributed by atoms with Gasteiger partial charge < -0.3 is 0 Å². The van der Waals surface area contributed by atoms with Gasteiger partial charge in [0.1, 0.15) is 15.7 Å². The first-order valence-electron chi connectivity index (χ1n) is 2.82. The summed E-state index contributed by atoms with van der Waals surface area (Å²) in [4.78, 5) is 0. The molecule has 0 aliphatic rings. The third-order valence-corrected chi connectivity index (χ3v) is 1.36. The van der Waals surface area contributed by atoms with E-state index in [1.807, 2.05) is 19.1 Å². The van der Waals surface area contributed by atoms with Crippen molar-refractivity contribution in [3.63, 3.8) is 0 Å². The summed E-state index contributed by atoms with van der Waals surface area (Å²) in [5.74, 6) is 0. The van der Waals surface area contributed by atoms with Crippen LogP contribution in [0, 0.1) is 6.92 Å². The molecule has 2 heteroatoms. The second kappa shape index (κ2) is 2.30. The number of hydrogen-bond acceptors (Lipinski definition) is 0. The molecule has 0 atom stereocenters. The van der Waals surface area contributed by atoms with Crippen LogP contribution in [0.2, 0.25) is 0 Å². The highest BCUT2D eigenvalue weighted by atomic mass is 13.9. The Morgan fingerprint density at radius 1 is 1.22 bits per heavy atom. The van der Waals surface area contributed by atoms with Crippen molar-refractivity contribution in [1.29, 1.82) is 0 Å². The van der Waals surface area contributed by atoms with Gasteiger partial charge in [-0.05, 0) is 6.92 Å². The first-order chi connectivity index (χ1) is 4.22. The largest absolute Gasteiger partial charge is 0.113 e. The van der Waals surface area contributed by atoms with E-state index in [1.54, 1.807) is 6.07 Å². The Labute approximate surface area is 58.1 Å². The minimum absolute atomic E-state index is 0.662. The second-order valence-electron chi connectivity index (χ2n) is 2.08. The van der Waals surface area contributed by atoms with Gasteiger partial charge in [0.05, 0.1) is 0 Å². The van der Waals surface area contributed by atoms with Crippen molar-refractivity contribution in [2.45, 2.75) is 6.92 Å². The highest BCUT2D eigenvalue weighted by Gasteiger charge is 1.91. The van der Waals surface area contributed by atoms with Crippen LogP contribution in [0.1, 0.15) is 5.56 Å². The summed E-state index contributed by atoms with van der Waals surface area (Å²) in [6, 6.07) is 5.62. The van der Waals surface area contributed by atoms with Crippen molar-refractivity contribution < 1.29 is 0 Å². The lowest BCUT2D eigenvalue weighted by atomic mass is 9.78. The molecule has 0 heterocycles. The van der Waals surface area contributed by atoms with Gasteiger partial charge in [-0.3, -0.25) is 0 Å². The third-order valence-electron chi connectivity index (χ3n) is 1.36. The molecule has 0 nitrogen and oxygen atoms in total. The van der Waals surface area contributed by atoms with Crippen LogP contribution in [0.25, 0.3) is 0 Å². The van der Waals surface area contributed by atoms with E-state index in [0.717, 1.165) is 5.56 Å². The van der Waals surface area contributed by atoms with Crippen LogP contribution in [0.15, 0.2) is 18.2 Å². The molecule has 0 saturated heterocycles. The highest BCUT2D eigenvalue weighted by molar-refractivity contribution is 6.49. The van der Waals surface area contributed by atoms with Gasteiger partial charge in [0.15, 0.2) is 0 Å². The zero-order valence-electron chi connectivity index (χ0n) is 5.39. The van der Waals surface area contributed by atoms with Gasteiger partial charge in [0.25, 0.3) is 0 Å². The van der Waals surface area contributed by atoms with Gasteiger partial charge in [-0.1, -0.05) is 23.8 Å². The average molecular weight is 112 g/mol. The summed E-state index contributed by atoms with van der Waals surface area (Å²) >= 11 is 0. The molecule has 0 spiro atoms. The van der Waals surface area contributed by atoms with E-state index in [0.29, 0.717) is 10.9 Å². The molecule has 4 radical (unpaired) electrons. The highest BCUT2D eigenvalue weighted by Crippen LogP contribution is 1.86. The van der Waals surface area contributed by atoms with Crippen LogP contribution in [0.5, 0.6) is 0 Å². The standard InChI is InChI=1S/C7H6B2/c1-5-3-2-4-6(8)7(5)9/h2-4H,1H3. The fourth-order valence-corrected chi connectivity index (χ4v) is 0.703. The summed E-state index contributed by atoms with van der Waals surface area (Å²) in [5.41, 5.74) is 2.39. The second-order valence-corrected chi connectivity index (χ2v) is 2.08. The van der Waals surface area contributed by atoms with E-state index in [9.17, 15) is 0 Å². The minimum Gasteiger partial charge on any atom is -0.103 e. The molecule has 1 aromatic carbocycles. The predicted molar refractivity (Wildman–Crippen MR) is 42.0 cm³/mol. The summed E-state index contributed by atoms with van der Waals surface area (Å²) in [5, 5.41) is 0. The molecule has 0 fully saturated rings. The maximum Gasteiger partial charge on any atom is 0.113 e.